The van der Waals surface area contributed by atoms with Crippen molar-refractivity contribution >= 4 is 48.8 Å². The number of pyridine rings is 1. The normalized spacial score (nSPS) is 12.9. The molecule has 114 valence electrons. The highest BCUT2D eigenvalue weighted by Gasteiger charge is 2.17. The third-order valence-electron chi connectivity index (χ3n) is 2.84. The maximum Gasteiger partial charge on any atom is 0.272 e. The molecule has 2 N–H and O–H groups in total. The Morgan fingerprint density at radius 3 is 2.62 bits per heavy atom. The number of rotatable bonds is 6. The Kier molecular flexibility index (Phi) is 5.23. The molecule has 2 aromatic rings. The molecule has 0 aliphatic carbocycles. The Bertz CT molecular complexity index is 698. The van der Waals surface area contributed by atoms with Gasteiger partial charge in [0.2, 0.25) is 0 Å². The quantitative estimate of drug-likeness (QED) is 0.785. The molecule has 0 fully saturated rings. The third-order valence-corrected chi connectivity index (χ3v) is 6.31. The molecule has 0 radical (unpaired) electrons. The van der Waals surface area contributed by atoms with Crippen molar-refractivity contribution in [3.63, 3.8) is 0 Å². The van der Waals surface area contributed by atoms with Crippen molar-refractivity contribution in [3.8, 4) is 0 Å². The lowest BCUT2D eigenvalue weighted by Gasteiger charge is -2.13. The zero-order valence-corrected chi connectivity index (χ0v) is 14.8. The lowest BCUT2D eigenvalue weighted by atomic mass is 10.2. The van der Waals surface area contributed by atoms with E-state index in [0.717, 1.165) is 27.2 Å². The molecule has 1 unspecified atom stereocenters. The number of nitrogens with zero attached hydrogens (tertiary/aromatic N) is 1. The fourth-order valence-corrected chi connectivity index (χ4v) is 4.57. The van der Waals surface area contributed by atoms with Gasteiger partial charge < -0.3 is 5.32 Å². The van der Waals surface area contributed by atoms with E-state index in [9.17, 15) is 8.42 Å². The topological polar surface area (TPSA) is 71.1 Å². The summed E-state index contributed by atoms with van der Waals surface area (Å²) in [5.74, 6) is 0.300. The van der Waals surface area contributed by atoms with Gasteiger partial charge in [-0.25, -0.2) is 13.4 Å². The number of anilines is 2. The summed E-state index contributed by atoms with van der Waals surface area (Å²) < 4.78 is 27.8. The molecular weight excluding hydrogens is 374 g/mol. The Hall–Kier alpha value is -1.12. The molecule has 2 rings (SSSR count). The van der Waals surface area contributed by atoms with Gasteiger partial charge in [0.1, 0.15) is 10.0 Å². The summed E-state index contributed by atoms with van der Waals surface area (Å²) >= 11 is 4.41. The van der Waals surface area contributed by atoms with Crippen LogP contribution in [-0.2, 0) is 10.0 Å². The molecule has 0 spiro atoms. The van der Waals surface area contributed by atoms with Crippen molar-refractivity contribution in [3.05, 3.63) is 34.2 Å². The van der Waals surface area contributed by atoms with Crippen LogP contribution in [0.2, 0.25) is 0 Å². The van der Waals surface area contributed by atoms with Crippen LogP contribution in [0.4, 0.5) is 11.5 Å². The Morgan fingerprint density at radius 2 is 2.10 bits per heavy atom. The summed E-state index contributed by atoms with van der Waals surface area (Å²) in [4.78, 5) is 4.12. The van der Waals surface area contributed by atoms with E-state index in [1.807, 2.05) is 0 Å². The molecule has 0 bridgehead atoms. The molecular formula is C13H16BrN3O2S2. The minimum absolute atomic E-state index is 0.248. The first-order valence-corrected chi connectivity index (χ1v) is 9.50. The van der Waals surface area contributed by atoms with Crippen molar-refractivity contribution < 1.29 is 8.42 Å². The zero-order chi connectivity index (χ0) is 15.5. The van der Waals surface area contributed by atoms with Crippen molar-refractivity contribution in [2.75, 3.05) is 10.0 Å². The summed E-state index contributed by atoms with van der Waals surface area (Å²) in [6.45, 7) is 4.16. The second-order valence-electron chi connectivity index (χ2n) is 4.55. The fraction of sp³-hybridized carbons (Fsp3) is 0.308. The number of halogens is 1. The highest BCUT2D eigenvalue weighted by atomic mass is 79.9. The van der Waals surface area contributed by atoms with Crippen LogP contribution in [0.3, 0.4) is 0 Å². The summed E-state index contributed by atoms with van der Waals surface area (Å²) in [5, 5.41) is 3.27. The van der Waals surface area contributed by atoms with Gasteiger partial charge in [-0.15, -0.1) is 11.3 Å². The molecule has 0 saturated carbocycles. The van der Waals surface area contributed by atoms with E-state index in [-0.39, 0.29) is 4.21 Å². The number of nitrogens with one attached hydrogen (secondary N) is 2. The van der Waals surface area contributed by atoms with E-state index >= 15 is 0 Å². The van der Waals surface area contributed by atoms with Gasteiger partial charge in [-0.1, -0.05) is 6.92 Å². The molecule has 0 aliphatic heterocycles. The molecule has 1 atom stereocenters. The predicted octanol–water partition coefficient (Wildman–Crippen LogP) is 3.92. The molecule has 0 aromatic carbocycles. The lowest BCUT2D eigenvalue weighted by Crippen LogP contribution is -2.15. The Balaban J connectivity index is 2.09. The second-order valence-corrected chi connectivity index (χ2v) is 8.92. The number of aromatic nitrogens is 1. The van der Waals surface area contributed by atoms with Crippen LogP contribution in [-0.4, -0.2) is 19.4 Å². The number of sulfonamides is 1. The van der Waals surface area contributed by atoms with Crippen LogP contribution in [0.15, 0.2) is 38.5 Å². The molecule has 21 heavy (non-hydrogen) atoms. The van der Waals surface area contributed by atoms with Crippen LogP contribution >= 0.6 is 27.3 Å². The Morgan fingerprint density at radius 1 is 1.33 bits per heavy atom. The van der Waals surface area contributed by atoms with E-state index < -0.39 is 10.0 Å². The van der Waals surface area contributed by atoms with Gasteiger partial charge in [-0.05, 0) is 53.5 Å². The molecule has 0 saturated heterocycles. The SMILES string of the molecule is CCC(C)Nc1ccc(NS(=O)(=O)c2ccc(Br)s2)nc1. The molecule has 5 nitrogen and oxygen atoms in total. The Labute approximate surface area is 137 Å². The minimum Gasteiger partial charge on any atom is -0.381 e. The first-order valence-electron chi connectivity index (χ1n) is 6.41. The third kappa shape index (κ3) is 4.42. The van der Waals surface area contributed by atoms with Gasteiger partial charge >= 0.3 is 0 Å². The van der Waals surface area contributed by atoms with Gasteiger partial charge in [0, 0.05) is 6.04 Å². The minimum atomic E-state index is -3.58. The van der Waals surface area contributed by atoms with Crippen molar-refractivity contribution in [2.45, 2.75) is 30.5 Å². The summed E-state index contributed by atoms with van der Waals surface area (Å²) in [6.07, 6.45) is 2.62. The number of hydrogen-bond acceptors (Lipinski definition) is 5. The first kappa shape index (κ1) is 16.3. The standard InChI is InChI=1S/C13H16BrN3O2S2/c1-3-9(2)16-10-4-6-12(15-8-10)17-21(18,19)13-7-5-11(14)20-13/h4-9,16H,3H2,1-2H3,(H,15,17). The van der Waals surface area contributed by atoms with Crippen molar-refractivity contribution in [2.24, 2.45) is 0 Å². The lowest BCUT2D eigenvalue weighted by molar-refractivity contribution is 0.603. The molecule has 2 heterocycles. The number of thiophene rings is 1. The van der Waals surface area contributed by atoms with Crippen LogP contribution in [0.5, 0.6) is 0 Å². The fourth-order valence-electron chi connectivity index (χ4n) is 1.56. The molecule has 0 aliphatic rings. The van der Waals surface area contributed by atoms with Crippen LogP contribution in [0.1, 0.15) is 20.3 Å². The van der Waals surface area contributed by atoms with Crippen LogP contribution in [0, 0.1) is 0 Å². The van der Waals surface area contributed by atoms with E-state index in [1.165, 1.54) is 0 Å². The molecule has 8 heteroatoms. The van der Waals surface area contributed by atoms with E-state index in [0.29, 0.717) is 11.9 Å². The summed E-state index contributed by atoms with van der Waals surface area (Å²) in [5.41, 5.74) is 0.867. The van der Waals surface area contributed by atoms with Gasteiger partial charge in [0.15, 0.2) is 0 Å². The predicted molar refractivity (Wildman–Crippen MR) is 90.4 cm³/mol. The summed E-state index contributed by atoms with van der Waals surface area (Å²) in [6, 6.07) is 7.05. The average molecular weight is 390 g/mol. The van der Waals surface area contributed by atoms with E-state index in [1.54, 1.807) is 30.5 Å². The smallest absolute Gasteiger partial charge is 0.272 e. The zero-order valence-electron chi connectivity index (χ0n) is 11.6. The van der Waals surface area contributed by atoms with E-state index in [4.69, 9.17) is 0 Å². The van der Waals surface area contributed by atoms with Crippen LogP contribution < -0.4 is 10.0 Å². The maximum absolute atomic E-state index is 12.1. The highest BCUT2D eigenvalue weighted by Crippen LogP contribution is 2.27. The molecule has 2 aromatic heterocycles. The first-order chi connectivity index (χ1) is 9.90. The monoisotopic (exact) mass is 389 g/mol. The average Bonchev–Trinajstić information content (AvgIpc) is 2.88. The summed E-state index contributed by atoms with van der Waals surface area (Å²) in [7, 11) is -3.58. The maximum atomic E-state index is 12.1. The second kappa shape index (κ2) is 6.76. The van der Waals surface area contributed by atoms with Gasteiger partial charge in [0.25, 0.3) is 10.0 Å². The van der Waals surface area contributed by atoms with E-state index in [2.05, 4.69) is 44.8 Å². The molecule has 0 amide bonds. The van der Waals surface area contributed by atoms with Crippen molar-refractivity contribution in [1.29, 1.82) is 0 Å². The van der Waals surface area contributed by atoms with Crippen molar-refractivity contribution in [1.82, 2.24) is 4.98 Å². The van der Waals surface area contributed by atoms with Crippen LogP contribution in [0.25, 0.3) is 0 Å². The van der Waals surface area contributed by atoms with Gasteiger partial charge in [-0.2, -0.15) is 0 Å². The highest BCUT2D eigenvalue weighted by molar-refractivity contribution is 9.11. The van der Waals surface area contributed by atoms with Gasteiger partial charge in [0.05, 0.1) is 15.7 Å². The van der Waals surface area contributed by atoms with Gasteiger partial charge in [-0.3, -0.25) is 4.72 Å². The number of hydrogen-bond donors (Lipinski definition) is 2. The largest absolute Gasteiger partial charge is 0.381 e.